The molecule has 0 spiro atoms. The molecule has 7 nitrogen and oxygen atoms in total. The lowest BCUT2D eigenvalue weighted by Crippen LogP contribution is -2.42. The van der Waals surface area contributed by atoms with Crippen LogP contribution in [-0.2, 0) is 16.1 Å². The zero-order valence-corrected chi connectivity index (χ0v) is 16.3. The van der Waals surface area contributed by atoms with Crippen molar-refractivity contribution in [2.45, 2.75) is 38.8 Å². The lowest BCUT2D eigenvalue weighted by Gasteiger charge is -2.32. The van der Waals surface area contributed by atoms with Gasteiger partial charge < -0.3 is 15.2 Å². The predicted octanol–water partition coefficient (Wildman–Crippen LogP) is 2.79. The second-order valence-corrected chi connectivity index (χ2v) is 7.48. The van der Waals surface area contributed by atoms with E-state index >= 15 is 0 Å². The second-order valence-electron chi connectivity index (χ2n) is 7.48. The molecule has 0 radical (unpaired) electrons. The van der Waals surface area contributed by atoms with E-state index in [1.165, 1.54) is 0 Å². The SMILES string of the molecule is CC(C)N(Cc1nc2ccccc2c(=O)[nH]1)C(=O)C1CC(=O)Nc2ccccc21. The van der Waals surface area contributed by atoms with Gasteiger partial charge in [-0.25, -0.2) is 4.98 Å². The highest BCUT2D eigenvalue weighted by Crippen LogP contribution is 2.34. The van der Waals surface area contributed by atoms with Crippen LogP contribution in [0.3, 0.4) is 0 Å². The standard InChI is InChI=1S/C22H22N4O3/c1-13(2)26(12-19-23-18-10-6-4-8-15(18)21(28)25-19)22(29)16-11-20(27)24-17-9-5-3-7-14(16)17/h3-10,13,16H,11-12H2,1-2H3,(H,24,27)(H,23,25,28). The third kappa shape index (κ3) is 3.63. The van der Waals surface area contributed by atoms with Gasteiger partial charge in [0.25, 0.3) is 5.56 Å². The number of fused-ring (bicyclic) bond motifs is 2. The van der Waals surface area contributed by atoms with Gasteiger partial charge in [-0.15, -0.1) is 0 Å². The van der Waals surface area contributed by atoms with Crippen LogP contribution in [0.5, 0.6) is 0 Å². The number of nitrogens with zero attached hydrogens (tertiary/aromatic N) is 2. The Bertz CT molecular complexity index is 1150. The molecular weight excluding hydrogens is 368 g/mol. The van der Waals surface area contributed by atoms with Crippen molar-refractivity contribution in [3.8, 4) is 0 Å². The van der Waals surface area contributed by atoms with Gasteiger partial charge in [-0.1, -0.05) is 30.3 Å². The molecule has 0 aliphatic carbocycles. The van der Waals surface area contributed by atoms with E-state index < -0.39 is 5.92 Å². The first-order valence-corrected chi connectivity index (χ1v) is 9.61. The van der Waals surface area contributed by atoms with Crippen LogP contribution in [0.4, 0.5) is 5.69 Å². The van der Waals surface area contributed by atoms with Crippen LogP contribution >= 0.6 is 0 Å². The Kier molecular flexibility index (Phi) is 4.88. The molecule has 0 fully saturated rings. The average molecular weight is 390 g/mol. The van der Waals surface area contributed by atoms with E-state index in [2.05, 4.69) is 15.3 Å². The van der Waals surface area contributed by atoms with Crippen LogP contribution < -0.4 is 10.9 Å². The third-order valence-electron chi connectivity index (χ3n) is 5.19. The van der Waals surface area contributed by atoms with Crippen molar-refractivity contribution in [1.82, 2.24) is 14.9 Å². The maximum absolute atomic E-state index is 13.4. The van der Waals surface area contributed by atoms with Gasteiger partial charge in [0.1, 0.15) is 5.82 Å². The number of hydrogen-bond donors (Lipinski definition) is 2. The van der Waals surface area contributed by atoms with E-state index in [-0.39, 0.29) is 36.4 Å². The lowest BCUT2D eigenvalue weighted by molar-refractivity contribution is -0.137. The zero-order chi connectivity index (χ0) is 20.5. The number of nitrogens with one attached hydrogen (secondary N) is 2. The quantitative estimate of drug-likeness (QED) is 0.716. The molecule has 7 heteroatoms. The smallest absolute Gasteiger partial charge is 0.258 e. The number of hydrogen-bond acceptors (Lipinski definition) is 4. The fourth-order valence-corrected chi connectivity index (χ4v) is 3.72. The van der Waals surface area contributed by atoms with Gasteiger partial charge in [-0.05, 0) is 37.6 Å². The highest BCUT2D eigenvalue weighted by molar-refractivity contribution is 6.01. The summed E-state index contributed by atoms with van der Waals surface area (Å²) in [5, 5.41) is 3.33. The lowest BCUT2D eigenvalue weighted by atomic mass is 9.89. The molecule has 29 heavy (non-hydrogen) atoms. The third-order valence-corrected chi connectivity index (χ3v) is 5.19. The molecule has 1 aliphatic rings. The van der Waals surface area contributed by atoms with E-state index in [4.69, 9.17) is 0 Å². The monoisotopic (exact) mass is 390 g/mol. The molecule has 2 heterocycles. The van der Waals surface area contributed by atoms with Gasteiger partial charge in [0, 0.05) is 18.2 Å². The summed E-state index contributed by atoms with van der Waals surface area (Å²) in [5.74, 6) is -0.472. The fraction of sp³-hybridized carbons (Fsp3) is 0.273. The van der Waals surface area contributed by atoms with Crippen LogP contribution in [0.1, 0.15) is 37.6 Å². The first-order valence-electron chi connectivity index (χ1n) is 9.61. The Hall–Kier alpha value is -3.48. The van der Waals surface area contributed by atoms with Gasteiger partial charge >= 0.3 is 0 Å². The van der Waals surface area contributed by atoms with Gasteiger partial charge in [-0.3, -0.25) is 14.4 Å². The van der Waals surface area contributed by atoms with Crippen molar-refractivity contribution in [1.29, 1.82) is 0 Å². The van der Waals surface area contributed by atoms with E-state index in [0.717, 1.165) is 5.56 Å². The van der Waals surface area contributed by atoms with E-state index in [1.54, 1.807) is 29.2 Å². The molecule has 4 rings (SSSR count). The second kappa shape index (κ2) is 7.50. The topological polar surface area (TPSA) is 95.2 Å². The number of carbonyl (C=O) groups excluding carboxylic acids is 2. The summed E-state index contributed by atoms with van der Waals surface area (Å²) in [6, 6.07) is 14.3. The average Bonchev–Trinajstić information content (AvgIpc) is 2.70. The predicted molar refractivity (Wildman–Crippen MR) is 110 cm³/mol. The summed E-state index contributed by atoms with van der Waals surface area (Å²) in [6.07, 6.45) is 0.0980. The molecule has 2 N–H and O–H groups in total. The minimum Gasteiger partial charge on any atom is -0.332 e. The number of benzene rings is 2. The van der Waals surface area contributed by atoms with E-state index in [9.17, 15) is 14.4 Å². The Morgan fingerprint density at radius 3 is 2.66 bits per heavy atom. The minimum atomic E-state index is -0.561. The fourth-order valence-electron chi connectivity index (χ4n) is 3.72. The normalized spacial score (nSPS) is 15.8. The van der Waals surface area contributed by atoms with Crippen molar-refractivity contribution in [3.63, 3.8) is 0 Å². The van der Waals surface area contributed by atoms with E-state index in [1.807, 2.05) is 38.1 Å². The Labute approximate surface area is 167 Å². The van der Waals surface area contributed by atoms with E-state index in [0.29, 0.717) is 22.4 Å². The summed E-state index contributed by atoms with van der Waals surface area (Å²) in [4.78, 5) is 46.9. The van der Waals surface area contributed by atoms with Gasteiger partial charge in [0.15, 0.2) is 0 Å². The van der Waals surface area contributed by atoms with Gasteiger partial charge in [0.2, 0.25) is 11.8 Å². The molecule has 0 bridgehead atoms. The van der Waals surface area contributed by atoms with Crippen molar-refractivity contribution in [2.24, 2.45) is 0 Å². The number of aromatic amines is 1. The first kappa shape index (κ1) is 18.9. The summed E-state index contributed by atoms with van der Waals surface area (Å²) in [7, 11) is 0. The Morgan fingerprint density at radius 2 is 1.86 bits per heavy atom. The summed E-state index contributed by atoms with van der Waals surface area (Å²) in [5.41, 5.74) is 1.83. The van der Waals surface area contributed by atoms with Crippen molar-refractivity contribution in [2.75, 3.05) is 5.32 Å². The van der Waals surface area contributed by atoms with Gasteiger partial charge in [0.05, 0.1) is 23.4 Å². The highest BCUT2D eigenvalue weighted by atomic mass is 16.2. The van der Waals surface area contributed by atoms with Crippen LogP contribution in [0.15, 0.2) is 53.3 Å². The summed E-state index contributed by atoms with van der Waals surface area (Å²) >= 11 is 0. The van der Waals surface area contributed by atoms with Crippen LogP contribution in [-0.4, -0.2) is 32.7 Å². The number of aromatic nitrogens is 2. The Morgan fingerprint density at radius 1 is 1.14 bits per heavy atom. The largest absolute Gasteiger partial charge is 0.332 e. The van der Waals surface area contributed by atoms with Crippen LogP contribution in [0.25, 0.3) is 10.9 Å². The minimum absolute atomic E-state index is 0.0980. The van der Waals surface area contributed by atoms with Crippen molar-refractivity contribution < 1.29 is 9.59 Å². The van der Waals surface area contributed by atoms with Crippen molar-refractivity contribution in [3.05, 3.63) is 70.3 Å². The maximum Gasteiger partial charge on any atom is 0.258 e. The number of H-pyrrole nitrogens is 1. The number of rotatable bonds is 4. The number of carbonyl (C=O) groups is 2. The zero-order valence-electron chi connectivity index (χ0n) is 16.3. The molecule has 1 atom stereocenters. The number of amides is 2. The summed E-state index contributed by atoms with van der Waals surface area (Å²) in [6.45, 7) is 3.98. The molecular formula is C22H22N4O3. The van der Waals surface area contributed by atoms with Crippen LogP contribution in [0, 0.1) is 0 Å². The summed E-state index contributed by atoms with van der Waals surface area (Å²) < 4.78 is 0. The molecule has 3 aromatic rings. The molecule has 2 aromatic carbocycles. The Balaban J connectivity index is 1.68. The van der Waals surface area contributed by atoms with Gasteiger partial charge in [-0.2, -0.15) is 0 Å². The van der Waals surface area contributed by atoms with Crippen LogP contribution in [0.2, 0.25) is 0 Å². The molecule has 1 unspecified atom stereocenters. The molecule has 1 aliphatic heterocycles. The molecule has 1 aromatic heterocycles. The number of anilines is 1. The molecule has 0 saturated carbocycles. The van der Waals surface area contributed by atoms with Crippen molar-refractivity contribution >= 4 is 28.4 Å². The first-order chi connectivity index (χ1) is 13.9. The molecule has 0 saturated heterocycles. The highest BCUT2D eigenvalue weighted by Gasteiger charge is 2.34. The molecule has 148 valence electrons. The molecule has 2 amide bonds. The number of para-hydroxylation sites is 2. The maximum atomic E-state index is 13.4.